The highest BCUT2D eigenvalue weighted by atomic mass is 16.2. The summed E-state index contributed by atoms with van der Waals surface area (Å²) in [5.41, 5.74) is 4.16. The van der Waals surface area contributed by atoms with Gasteiger partial charge < -0.3 is 10.6 Å². The summed E-state index contributed by atoms with van der Waals surface area (Å²) in [6.45, 7) is 3.83. The van der Waals surface area contributed by atoms with Gasteiger partial charge in [0.25, 0.3) is 5.91 Å². The van der Waals surface area contributed by atoms with Gasteiger partial charge in [0.2, 0.25) is 5.91 Å². The first-order valence-electron chi connectivity index (χ1n) is 6.87. The third kappa shape index (κ3) is 2.52. The van der Waals surface area contributed by atoms with E-state index in [0.717, 1.165) is 16.8 Å². The maximum Gasteiger partial charge on any atom is 0.255 e. The average molecular weight is 280 g/mol. The van der Waals surface area contributed by atoms with E-state index in [1.807, 2.05) is 38.1 Å². The van der Waals surface area contributed by atoms with Gasteiger partial charge in [-0.3, -0.25) is 9.59 Å². The van der Waals surface area contributed by atoms with Crippen LogP contribution in [0.5, 0.6) is 0 Å². The van der Waals surface area contributed by atoms with Crippen LogP contribution in [0.3, 0.4) is 0 Å². The molecule has 0 aliphatic carbocycles. The molecule has 1 aliphatic rings. The molecule has 4 heteroatoms. The SMILES string of the molecule is Cc1ccc(C(=O)Nc2ccc3c(c2)C(C)C(=O)N3)cc1. The maximum atomic E-state index is 12.2. The first kappa shape index (κ1) is 13.4. The Balaban J connectivity index is 1.81. The summed E-state index contributed by atoms with van der Waals surface area (Å²) in [6, 6.07) is 12.9. The minimum Gasteiger partial charge on any atom is -0.325 e. The lowest BCUT2D eigenvalue weighted by molar-refractivity contribution is -0.116. The van der Waals surface area contributed by atoms with E-state index < -0.39 is 0 Å². The molecule has 3 rings (SSSR count). The summed E-state index contributed by atoms with van der Waals surface area (Å²) < 4.78 is 0. The van der Waals surface area contributed by atoms with Crippen molar-refractivity contribution in [2.24, 2.45) is 0 Å². The molecular weight excluding hydrogens is 264 g/mol. The smallest absolute Gasteiger partial charge is 0.255 e. The summed E-state index contributed by atoms with van der Waals surface area (Å²) in [6.07, 6.45) is 0. The second kappa shape index (κ2) is 5.05. The van der Waals surface area contributed by atoms with Gasteiger partial charge in [-0.15, -0.1) is 0 Å². The van der Waals surface area contributed by atoms with Crippen LogP contribution in [0.25, 0.3) is 0 Å². The Kier molecular flexibility index (Phi) is 3.22. The van der Waals surface area contributed by atoms with Crippen molar-refractivity contribution in [3.05, 3.63) is 59.2 Å². The molecule has 0 fully saturated rings. The van der Waals surface area contributed by atoms with Crippen LogP contribution in [0, 0.1) is 6.92 Å². The van der Waals surface area contributed by atoms with E-state index in [4.69, 9.17) is 0 Å². The van der Waals surface area contributed by atoms with E-state index in [1.54, 1.807) is 18.2 Å². The van der Waals surface area contributed by atoms with Crippen LogP contribution in [-0.4, -0.2) is 11.8 Å². The van der Waals surface area contributed by atoms with Crippen LogP contribution >= 0.6 is 0 Å². The fourth-order valence-corrected chi connectivity index (χ4v) is 2.40. The Morgan fingerprint density at radius 1 is 1.14 bits per heavy atom. The Labute approximate surface area is 123 Å². The molecular formula is C17H16N2O2. The fourth-order valence-electron chi connectivity index (χ4n) is 2.40. The quantitative estimate of drug-likeness (QED) is 0.886. The summed E-state index contributed by atoms with van der Waals surface area (Å²) in [4.78, 5) is 23.8. The van der Waals surface area contributed by atoms with Gasteiger partial charge in [0, 0.05) is 16.9 Å². The topological polar surface area (TPSA) is 58.2 Å². The van der Waals surface area contributed by atoms with Crippen molar-refractivity contribution in [2.75, 3.05) is 10.6 Å². The third-order valence-corrected chi connectivity index (χ3v) is 3.74. The summed E-state index contributed by atoms with van der Waals surface area (Å²) in [5.74, 6) is -0.344. The van der Waals surface area contributed by atoms with E-state index in [2.05, 4.69) is 10.6 Å². The van der Waals surface area contributed by atoms with Gasteiger partial charge in [0.1, 0.15) is 0 Å². The number of rotatable bonds is 2. The van der Waals surface area contributed by atoms with E-state index in [1.165, 1.54) is 0 Å². The number of carbonyl (C=O) groups is 2. The van der Waals surface area contributed by atoms with Gasteiger partial charge in [-0.1, -0.05) is 17.7 Å². The first-order valence-corrected chi connectivity index (χ1v) is 6.87. The summed E-state index contributed by atoms with van der Waals surface area (Å²) in [5, 5.41) is 5.68. The largest absolute Gasteiger partial charge is 0.325 e. The van der Waals surface area contributed by atoms with Crippen LogP contribution < -0.4 is 10.6 Å². The lowest BCUT2D eigenvalue weighted by atomic mass is 10.0. The monoisotopic (exact) mass is 280 g/mol. The standard InChI is InChI=1S/C17H16N2O2/c1-10-3-5-12(6-4-10)17(21)18-13-7-8-15-14(9-13)11(2)16(20)19-15/h3-9,11H,1-2H3,(H,18,21)(H,19,20). The number of amides is 2. The van der Waals surface area contributed by atoms with Crippen LogP contribution in [0.2, 0.25) is 0 Å². The highest BCUT2D eigenvalue weighted by Gasteiger charge is 2.26. The second-order valence-corrected chi connectivity index (χ2v) is 5.33. The number of fused-ring (bicyclic) bond motifs is 1. The molecule has 1 aliphatic heterocycles. The molecule has 2 amide bonds. The average Bonchev–Trinajstić information content (AvgIpc) is 2.75. The van der Waals surface area contributed by atoms with Crippen LogP contribution in [-0.2, 0) is 4.79 Å². The number of hydrogen-bond donors (Lipinski definition) is 2. The van der Waals surface area contributed by atoms with Crippen LogP contribution in [0.1, 0.15) is 34.3 Å². The Hall–Kier alpha value is -2.62. The molecule has 0 saturated carbocycles. The molecule has 1 atom stereocenters. The van der Waals surface area contributed by atoms with Gasteiger partial charge in [-0.25, -0.2) is 0 Å². The predicted octanol–water partition coefficient (Wildman–Crippen LogP) is 3.30. The molecule has 2 aromatic rings. The zero-order chi connectivity index (χ0) is 15.0. The van der Waals surface area contributed by atoms with Crippen molar-refractivity contribution in [1.82, 2.24) is 0 Å². The molecule has 0 bridgehead atoms. The van der Waals surface area contributed by atoms with Gasteiger partial charge in [-0.05, 0) is 49.7 Å². The minimum absolute atomic E-state index is 0.00740. The van der Waals surface area contributed by atoms with Crippen molar-refractivity contribution in [3.8, 4) is 0 Å². The molecule has 4 nitrogen and oxygen atoms in total. The van der Waals surface area contributed by atoms with Crippen molar-refractivity contribution >= 4 is 23.2 Å². The van der Waals surface area contributed by atoms with Crippen molar-refractivity contribution in [1.29, 1.82) is 0 Å². The number of hydrogen-bond acceptors (Lipinski definition) is 2. The number of anilines is 2. The molecule has 106 valence electrons. The van der Waals surface area contributed by atoms with Crippen LogP contribution in [0.15, 0.2) is 42.5 Å². The number of aryl methyl sites for hydroxylation is 1. The van der Waals surface area contributed by atoms with E-state index in [0.29, 0.717) is 11.3 Å². The van der Waals surface area contributed by atoms with Crippen molar-refractivity contribution < 1.29 is 9.59 Å². The summed E-state index contributed by atoms with van der Waals surface area (Å²) in [7, 11) is 0. The molecule has 1 heterocycles. The normalized spacial score (nSPS) is 16.3. The molecule has 2 N–H and O–H groups in total. The molecule has 0 spiro atoms. The molecule has 1 unspecified atom stereocenters. The van der Waals surface area contributed by atoms with Gasteiger partial charge in [0.05, 0.1) is 5.92 Å². The third-order valence-electron chi connectivity index (χ3n) is 3.74. The molecule has 0 aromatic heterocycles. The lowest BCUT2D eigenvalue weighted by Crippen LogP contribution is -2.12. The lowest BCUT2D eigenvalue weighted by Gasteiger charge is -2.08. The second-order valence-electron chi connectivity index (χ2n) is 5.33. The van der Waals surface area contributed by atoms with E-state index >= 15 is 0 Å². The zero-order valence-corrected chi connectivity index (χ0v) is 11.9. The van der Waals surface area contributed by atoms with Gasteiger partial charge in [-0.2, -0.15) is 0 Å². The Morgan fingerprint density at radius 3 is 2.57 bits per heavy atom. The minimum atomic E-state index is -0.184. The Morgan fingerprint density at radius 2 is 1.86 bits per heavy atom. The zero-order valence-electron chi connectivity index (χ0n) is 11.9. The fraction of sp³-hybridized carbons (Fsp3) is 0.176. The highest BCUT2D eigenvalue weighted by Crippen LogP contribution is 2.34. The van der Waals surface area contributed by atoms with Crippen molar-refractivity contribution in [3.63, 3.8) is 0 Å². The summed E-state index contributed by atoms with van der Waals surface area (Å²) >= 11 is 0. The number of carbonyl (C=O) groups excluding carboxylic acids is 2. The number of benzene rings is 2. The Bertz CT molecular complexity index is 720. The maximum absolute atomic E-state index is 12.2. The van der Waals surface area contributed by atoms with E-state index in [9.17, 15) is 9.59 Å². The molecule has 21 heavy (non-hydrogen) atoms. The molecule has 0 radical (unpaired) electrons. The molecule has 0 saturated heterocycles. The van der Waals surface area contributed by atoms with Gasteiger partial charge in [0.15, 0.2) is 0 Å². The highest BCUT2D eigenvalue weighted by molar-refractivity contribution is 6.06. The first-order chi connectivity index (χ1) is 10.0. The van der Waals surface area contributed by atoms with Crippen molar-refractivity contribution in [2.45, 2.75) is 19.8 Å². The number of nitrogens with one attached hydrogen (secondary N) is 2. The predicted molar refractivity (Wildman–Crippen MR) is 82.6 cm³/mol. The van der Waals surface area contributed by atoms with E-state index in [-0.39, 0.29) is 17.7 Å². The van der Waals surface area contributed by atoms with Crippen LogP contribution in [0.4, 0.5) is 11.4 Å². The molecule has 2 aromatic carbocycles. The van der Waals surface area contributed by atoms with Gasteiger partial charge >= 0.3 is 0 Å².